The van der Waals surface area contributed by atoms with Gasteiger partial charge >= 0.3 is 0 Å². The summed E-state index contributed by atoms with van der Waals surface area (Å²) in [6, 6.07) is 4.61. The van der Waals surface area contributed by atoms with Crippen molar-refractivity contribution in [3.63, 3.8) is 0 Å². The van der Waals surface area contributed by atoms with Crippen LogP contribution in [0.5, 0.6) is 0 Å². The lowest BCUT2D eigenvalue weighted by molar-refractivity contribution is 0.253. The number of aromatic nitrogens is 2. The number of halogens is 1. The molecule has 92 valence electrons. The number of aromatic amines is 1. The van der Waals surface area contributed by atoms with Gasteiger partial charge in [0.25, 0.3) is 0 Å². The number of hydrogen-bond acceptors (Lipinski definition) is 3. The van der Waals surface area contributed by atoms with Gasteiger partial charge < -0.3 is 0 Å². The quantitative estimate of drug-likeness (QED) is 0.919. The van der Waals surface area contributed by atoms with Crippen LogP contribution in [0.1, 0.15) is 29.2 Å². The molecule has 3 nitrogen and oxygen atoms in total. The van der Waals surface area contributed by atoms with E-state index < -0.39 is 0 Å². The first-order valence-electron chi connectivity index (χ1n) is 5.52. The van der Waals surface area contributed by atoms with E-state index in [2.05, 4.69) is 46.6 Å². The first-order valence-corrected chi connectivity index (χ1v) is 6.78. The molecular weight excluding hydrogens is 254 g/mol. The Bertz CT molecular complexity index is 478. The molecule has 2 aromatic heterocycles. The first kappa shape index (κ1) is 12.6. The average molecular weight is 270 g/mol. The van der Waals surface area contributed by atoms with Crippen molar-refractivity contribution in [2.24, 2.45) is 0 Å². The molecule has 0 aliphatic carbocycles. The van der Waals surface area contributed by atoms with Gasteiger partial charge in [0.1, 0.15) is 0 Å². The Morgan fingerprint density at radius 3 is 2.88 bits per heavy atom. The number of hydrogen-bond donors (Lipinski definition) is 1. The number of rotatable bonds is 4. The third-order valence-corrected chi connectivity index (χ3v) is 4.50. The van der Waals surface area contributed by atoms with Gasteiger partial charge in [0.05, 0.1) is 16.4 Å². The summed E-state index contributed by atoms with van der Waals surface area (Å²) in [5.41, 5.74) is 1.84. The highest BCUT2D eigenvalue weighted by Gasteiger charge is 2.16. The lowest BCUT2D eigenvalue weighted by Crippen LogP contribution is -2.21. The van der Waals surface area contributed by atoms with Gasteiger partial charge in [-0.25, -0.2) is 0 Å². The molecule has 0 aromatic carbocycles. The maximum Gasteiger partial charge on any atom is 0.0951 e. The number of aryl methyl sites for hydroxylation is 1. The molecule has 2 rings (SSSR count). The number of H-pyrrole nitrogens is 1. The molecule has 1 unspecified atom stereocenters. The lowest BCUT2D eigenvalue weighted by atomic mass is 10.2. The van der Waals surface area contributed by atoms with Crippen molar-refractivity contribution in [3.8, 4) is 0 Å². The summed E-state index contributed by atoms with van der Waals surface area (Å²) < 4.78 is 0. The van der Waals surface area contributed by atoms with Crippen molar-refractivity contribution >= 4 is 22.9 Å². The Kier molecular flexibility index (Phi) is 3.86. The van der Waals surface area contributed by atoms with Crippen molar-refractivity contribution < 1.29 is 0 Å². The van der Waals surface area contributed by atoms with E-state index in [0.29, 0.717) is 6.04 Å². The summed E-state index contributed by atoms with van der Waals surface area (Å²) in [6.45, 7) is 4.88. The van der Waals surface area contributed by atoms with Crippen LogP contribution in [0.3, 0.4) is 0 Å². The fourth-order valence-corrected chi connectivity index (χ4v) is 2.68. The molecule has 0 radical (unpaired) electrons. The highest BCUT2D eigenvalue weighted by atomic mass is 35.5. The van der Waals surface area contributed by atoms with Gasteiger partial charge in [-0.1, -0.05) is 17.7 Å². The van der Waals surface area contributed by atoms with Crippen molar-refractivity contribution in [1.29, 1.82) is 0 Å². The van der Waals surface area contributed by atoms with E-state index in [1.165, 1.54) is 4.88 Å². The topological polar surface area (TPSA) is 31.9 Å². The Hall–Kier alpha value is -0.840. The largest absolute Gasteiger partial charge is 0.293 e. The Labute approximate surface area is 110 Å². The normalized spacial score (nSPS) is 13.2. The van der Waals surface area contributed by atoms with Gasteiger partial charge in [-0.15, -0.1) is 11.3 Å². The van der Waals surface area contributed by atoms with Crippen molar-refractivity contribution in [2.75, 3.05) is 7.05 Å². The van der Waals surface area contributed by atoms with E-state index in [1.807, 2.05) is 6.92 Å². The number of nitrogens with one attached hydrogen (secondary N) is 1. The molecule has 2 heterocycles. The van der Waals surface area contributed by atoms with Crippen LogP contribution in [-0.4, -0.2) is 22.1 Å². The fourth-order valence-electron chi connectivity index (χ4n) is 1.69. The van der Waals surface area contributed by atoms with Crippen LogP contribution in [0.2, 0.25) is 5.02 Å². The van der Waals surface area contributed by atoms with Gasteiger partial charge in [-0.2, -0.15) is 5.10 Å². The van der Waals surface area contributed by atoms with E-state index in [0.717, 1.165) is 23.0 Å². The van der Waals surface area contributed by atoms with Gasteiger partial charge in [0.15, 0.2) is 0 Å². The van der Waals surface area contributed by atoms with Crippen molar-refractivity contribution in [1.82, 2.24) is 15.1 Å². The maximum absolute atomic E-state index is 6.16. The molecule has 1 atom stereocenters. The van der Waals surface area contributed by atoms with E-state index in [9.17, 15) is 0 Å². The Balaban J connectivity index is 2.07. The number of thiophene rings is 1. The summed E-state index contributed by atoms with van der Waals surface area (Å²) in [7, 11) is 2.09. The van der Waals surface area contributed by atoms with Crippen LogP contribution >= 0.6 is 22.9 Å². The van der Waals surface area contributed by atoms with E-state index in [-0.39, 0.29) is 0 Å². The van der Waals surface area contributed by atoms with E-state index in [4.69, 9.17) is 11.6 Å². The fraction of sp³-hybridized carbons (Fsp3) is 0.417. The van der Waals surface area contributed by atoms with Crippen LogP contribution < -0.4 is 0 Å². The average Bonchev–Trinajstić information content (AvgIpc) is 2.93. The smallest absolute Gasteiger partial charge is 0.0951 e. The molecule has 5 heteroatoms. The summed E-state index contributed by atoms with van der Waals surface area (Å²) in [5, 5.41) is 9.98. The molecule has 0 saturated heterocycles. The molecule has 0 fully saturated rings. The maximum atomic E-state index is 6.16. The van der Waals surface area contributed by atoms with Gasteiger partial charge in [0, 0.05) is 17.5 Å². The standard InChI is InChI=1S/C12H16ClN3S/c1-8-12(13)10(15-14-8)7-16(3)9(2)11-5-4-6-17-11/h4-6,9H,7H2,1-3H3,(H,14,15). The second-order valence-corrected chi connectivity index (χ2v) is 5.57. The Morgan fingerprint density at radius 2 is 2.35 bits per heavy atom. The molecule has 0 spiro atoms. The molecule has 17 heavy (non-hydrogen) atoms. The van der Waals surface area contributed by atoms with Gasteiger partial charge in [-0.05, 0) is 32.3 Å². The monoisotopic (exact) mass is 269 g/mol. The first-order chi connectivity index (χ1) is 8.09. The summed E-state index contributed by atoms with van der Waals surface area (Å²) in [6.07, 6.45) is 0. The number of nitrogens with zero attached hydrogens (tertiary/aromatic N) is 2. The van der Waals surface area contributed by atoms with Crippen molar-refractivity contribution in [3.05, 3.63) is 38.8 Å². The molecular formula is C12H16ClN3S. The Morgan fingerprint density at radius 1 is 1.59 bits per heavy atom. The van der Waals surface area contributed by atoms with Crippen LogP contribution in [0.15, 0.2) is 17.5 Å². The lowest BCUT2D eigenvalue weighted by Gasteiger charge is -2.22. The van der Waals surface area contributed by atoms with Crippen molar-refractivity contribution in [2.45, 2.75) is 26.4 Å². The van der Waals surface area contributed by atoms with Crippen LogP contribution in [0, 0.1) is 6.92 Å². The predicted molar refractivity (Wildman–Crippen MR) is 72.5 cm³/mol. The molecule has 0 aliphatic heterocycles. The minimum absolute atomic E-state index is 0.378. The molecule has 0 bridgehead atoms. The van der Waals surface area contributed by atoms with E-state index in [1.54, 1.807) is 11.3 Å². The van der Waals surface area contributed by atoms with Crippen LogP contribution in [0.4, 0.5) is 0 Å². The molecule has 1 N–H and O–H groups in total. The highest BCUT2D eigenvalue weighted by molar-refractivity contribution is 7.10. The zero-order chi connectivity index (χ0) is 12.4. The summed E-state index contributed by atoms with van der Waals surface area (Å²) in [5.74, 6) is 0. The predicted octanol–water partition coefficient (Wildman–Crippen LogP) is 3.63. The van der Waals surface area contributed by atoms with E-state index >= 15 is 0 Å². The minimum atomic E-state index is 0.378. The second-order valence-electron chi connectivity index (χ2n) is 4.22. The minimum Gasteiger partial charge on any atom is -0.293 e. The van der Waals surface area contributed by atoms with Gasteiger partial charge in [-0.3, -0.25) is 10.00 Å². The molecule has 0 amide bonds. The SMILES string of the molecule is Cc1[nH]nc(CN(C)C(C)c2cccs2)c1Cl. The molecule has 2 aromatic rings. The summed E-state index contributed by atoms with van der Waals surface area (Å²) >= 11 is 7.94. The van der Waals surface area contributed by atoms with Gasteiger partial charge in [0.2, 0.25) is 0 Å². The zero-order valence-corrected chi connectivity index (χ0v) is 11.8. The highest BCUT2D eigenvalue weighted by Crippen LogP contribution is 2.26. The third-order valence-electron chi connectivity index (χ3n) is 2.96. The van der Waals surface area contributed by atoms with Crippen LogP contribution in [0.25, 0.3) is 0 Å². The molecule has 0 aliphatic rings. The van der Waals surface area contributed by atoms with Crippen LogP contribution in [-0.2, 0) is 6.54 Å². The second kappa shape index (κ2) is 5.21. The molecule has 0 saturated carbocycles. The third kappa shape index (κ3) is 2.70. The zero-order valence-electron chi connectivity index (χ0n) is 10.2. The summed E-state index contributed by atoms with van der Waals surface area (Å²) in [4.78, 5) is 3.60.